The van der Waals surface area contributed by atoms with Crippen LogP contribution in [0.15, 0.2) is 59.5 Å². The summed E-state index contributed by atoms with van der Waals surface area (Å²) < 4.78 is 27.8. The Morgan fingerprint density at radius 2 is 1.60 bits per heavy atom. The number of hydrogen-bond acceptors (Lipinski definition) is 5. The number of nitrogens with one attached hydrogen (secondary N) is 1. The quantitative estimate of drug-likeness (QED) is 0.390. The number of nitrogens with zero attached hydrogens (tertiary/aromatic N) is 2. The second-order valence-electron chi connectivity index (χ2n) is 7.23. The van der Waals surface area contributed by atoms with E-state index in [1.165, 1.54) is 33.5 Å². The summed E-state index contributed by atoms with van der Waals surface area (Å²) in [5.74, 6) is 0. The minimum Gasteiger partial charge on any atom is -0.385 e. The molecular formula is C21H30N3O5S+. The third kappa shape index (κ3) is 6.25. The number of benzene rings is 2. The van der Waals surface area contributed by atoms with Crippen LogP contribution in [0.25, 0.3) is 0 Å². The van der Waals surface area contributed by atoms with Gasteiger partial charge in [-0.2, -0.15) is 0 Å². The van der Waals surface area contributed by atoms with E-state index >= 15 is 0 Å². The van der Waals surface area contributed by atoms with Gasteiger partial charge in [-0.3, -0.25) is 14.4 Å². The van der Waals surface area contributed by atoms with Crippen LogP contribution in [0.5, 0.6) is 0 Å². The minimum atomic E-state index is -4.01. The molecule has 0 saturated carbocycles. The van der Waals surface area contributed by atoms with Gasteiger partial charge in [-0.15, -0.1) is 0 Å². The lowest BCUT2D eigenvalue weighted by Crippen LogP contribution is -3.13. The molecule has 8 nitrogen and oxygen atoms in total. The molecule has 0 bridgehead atoms. The number of nitro groups is 1. The van der Waals surface area contributed by atoms with Crippen LogP contribution in [-0.2, 0) is 10.0 Å². The summed E-state index contributed by atoms with van der Waals surface area (Å²) in [5, 5.41) is 21.6. The van der Waals surface area contributed by atoms with Crippen LogP contribution in [0.4, 0.5) is 11.4 Å². The van der Waals surface area contributed by atoms with Crippen LogP contribution in [-0.4, -0.2) is 50.7 Å². The topological polar surface area (TPSA) is 105 Å². The Hall–Kier alpha value is -2.49. The van der Waals surface area contributed by atoms with Crippen LogP contribution in [0.2, 0.25) is 0 Å². The lowest BCUT2D eigenvalue weighted by molar-refractivity contribution is -0.903. The van der Waals surface area contributed by atoms with Crippen molar-refractivity contribution in [2.75, 3.05) is 30.5 Å². The SMILES string of the molecule is CCC[NH+](CCC)C[C@H](O)CN(c1ccccc1)S(=O)(=O)c1ccc([N+](=O)[O-])cc1. The molecule has 0 unspecified atom stereocenters. The Morgan fingerprint density at radius 1 is 1.03 bits per heavy atom. The maximum atomic E-state index is 13.3. The Morgan fingerprint density at radius 3 is 2.10 bits per heavy atom. The standard InChI is InChI=1S/C21H29N3O5S/c1-3-14-22(15-4-2)16-20(25)17-23(18-8-6-5-7-9-18)30(28,29)21-12-10-19(11-13-21)24(26)27/h5-13,20,25H,3-4,14-17H2,1-2H3/p+1/t20-/m0/s1. The fraction of sp³-hybridized carbons (Fsp3) is 0.429. The molecule has 0 saturated heterocycles. The number of non-ortho nitro benzene ring substituents is 1. The molecule has 0 amide bonds. The van der Waals surface area contributed by atoms with Gasteiger partial charge in [0.2, 0.25) is 0 Å². The van der Waals surface area contributed by atoms with Gasteiger partial charge in [-0.1, -0.05) is 32.0 Å². The summed E-state index contributed by atoms with van der Waals surface area (Å²) in [6.45, 7) is 6.33. The first-order valence-electron chi connectivity index (χ1n) is 10.1. The van der Waals surface area contributed by atoms with Crippen molar-refractivity contribution in [1.82, 2.24) is 0 Å². The molecule has 9 heteroatoms. The second kappa shape index (κ2) is 11.1. The second-order valence-corrected chi connectivity index (χ2v) is 9.09. The molecule has 0 heterocycles. The molecule has 2 aromatic rings. The fourth-order valence-electron chi connectivity index (χ4n) is 3.43. The lowest BCUT2D eigenvalue weighted by atomic mass is 10.2. The van der Waals surface area contributed by atoms with Crippen LogP contribution in [0, 0.1) is 10.1 Å². The predicted octanol–water partition coefficient (Wildman–Crippen LogP) is 1.86. The zero-order valence-corrected chi connectivity index (χ0v) is 18.2. The molecular weight excluding hydrogens is 406 g/mol. The molecule has 0 spiro atoms. The van der Waals surface area contributed by atoms with Gasteiger partial charge in [0.15, 0.2) is 0 Å². The molecule has 2 rings (SSSR count). The van der Waals surface area contributed by atoms with Gasteiger partial charge in [-0.25, -0.2) is 8.42 Å². The molecule has 0 aliphatic rings. The summed E-state index contributed by atoms with van der Waals surface area (Å²) >= 11 is 0. The highest BCUT2D eigenvalue weighted by atomic mass is 32.2. The Bertz CT molecular complexity index is 898. The number of rotatable bonds is 12. The maximum Gasteiger partial charge on any atom is 0.269 e. The zero-order chi connectivity index (χ0) is 22.1. The summed E-state index contributed by atoms with van der Waals surface area (Å²) in [5.41, 5.74) is 0.251. The van der Waals surface area contributed by atoms with Gasteiger partial charge in [0.05, 0.1) is 35.1 Å². The Labute approximate surface area is 178 Å². The lowest BCUT2D eigenvalue weighted by Gasteiger charge is -2.28. The van der Waals surface area contributed by atoms with E-state index in [9.17, 15) is 23.6 Å². The number of anilines is 1. The van der Waals surface area contributed by atoms with Crippen molar-refractivity contribution in [3.63, 3.8) is 0 Å². The smallest absolute Gasteiger partial charge is 0.269 e. The molecule has 2 aromatic carbocycles. The monoisotopic (exact) mass is 436 g/mol. The van der Waals surface area contributed by atoms with Gasteiger partial charge in [0.1, 0.15) is 12.6 Å². The molecule has 0 aliphatic carbocycles. The normalized spacial score (nSPS) is 12.7. The average molecular weight is 437 g/mol. The molecule has 164 valence electrons. The van der Waals surface area contributed by atoms with Crippen molar-refractivity contribution in [1.29, 1.82) is 0 Å². The van der Waals surface area contributed by atoms with Crippen LogP contribution in [0.1, 0.15) is 26.7 Å². The largest absolute Gasteiger partial charge is 0.385 e. The van der Waals surface area contributed by atoms with Crippen molar-refractivity contribution in [3.8, 4) is 0 Å². The van der Waals surface area contributed by atoms with E-state index in [4.69, 9.17) is 0 Å². The van der Waals surface area contributed by atoms with Gasteiger partial charge in [-0.05, 0) is 37.1 Å². The van der Waals surface area contributed by atoms with E-state index in [0.29, 0.717) is 12.2 Å². The van der Waals surface area contributed by atoms with Crippen molar-refractivity contribution in [3.05, 3.63) is 64.7 Å². The average Bonchev–Trinajstić information content (AvgIpc) is 2.73. The fourth-order valence-corrected chi connectivity index (χ4v) is 4.93. The molecule has 0 aromatic heterocycles. The number of sulfonamides is 1. The van der Waals surface area contributed by atoms with Crippen LogP contribution < -0.4 is 9.21 Å². The number of quaternary nitrogens is 1. The van der Waals surface area contributed by atoms with Gasteiger partial charge < -0.3 is 10.0 Å². The Balaban J connectivity index is 2.32. The van der Waals surface area contributed by atoms with Crippen molar-refractivity contribution < 1.29 is 23.3 Å². The van der Waals surface area contributed by atoms with E-state index in [1.807, 2.05) is 0 Å². The zero-order valence-electron chi connectivity index (χ0n) is 17.4. The molecule has 0 fully saturated rings. The van der Waals surface area contributed by atoms with E-state index < -0.39 is 21.1 Å². The molecule has 30 heavy (non-hydrogen) atoms. The van der Waals surface area contributed by atoms with E-state index in [2.05, 4.69) is 13.8 Å². The highest BCUT2D eigenvalue weighted by Gasteiger charge is 2.29. The summed E-state index contributed by atoms with van der Waals surface area (Å²) in [4.78, 5) is 11.5. The van der Waals surface area contributed by atoms with E-state index in [1.54, 1.807) is 30.3 Å². The van der Waals surface area contributed by atoms with Crippen molar-refractivity contribution >= 4 is 21.4 Å². The first-order valence-corrected chi connectivity index (χ1v) is 11.6. The number of aliphatic hydroxyl groups excluding tert-OH is 1. The highest BCUT2D eigenvalue weighted by Crippen LogP contribution is 2.25. The van der Waals surface area contributed by atoms with Gasteiger partial charge >= 0.3 is 0 Å². The maximum absolute atomic E-state index is 13.3. The summed E-state index contributed by atoms with van der Waals surface area (Å²) in [7, 11) is -4.01. The molecule has 0 aliphatic heterocycles. The predicted molar refractivity (Wildman–Crippen MR) is 116 cm³/mol. The minimum absolute atomic E-state index is 0.0597. The van der Waals surface area contributed by atoms with E-state index in [0.717, 1.165) is 25.9 Å². The number of nitro benzene ring substituents is 1. The van der Waals surface area contributed by atoms with E-state index in [-0.39, 0.29) is 17.1 Å². The number of hydrogen-bond donors (Lipinski definition) is 2. The highest BCUT2D eigenvalue weighted by molar-refractivity contribution is 7.92. The van der Waals surface area contributed by atoms with Crippen LogP contribution in [0.3, 0.4) is 0 Å². The number of aliphatic hydroxyl groups is 1. The molecule has 2 N–H and O–H groups in total. The number of para-hydroxylation sites is 1. The van der Waals surface area contributed by atoms with Crippen molar-refractivity contribution in [2.24, 2.45) is 0 Å². The summed E-state index contributed by atoms with van der Waals surface area (Å²) in [6.07, 6.45) is 1.10. The molecule has 1 atom stereocenters. The summed E-state index contributed by atoms with van der Waals surface area (Å²) in [6, 6.07) is 13.4. The molecule has 0 radical (unpaired) electrons. The third-order valence-electron chi connectivity index (χ3n) is 4.79. The van der Waals surface area contributed by atoms with Crippen LogP contribution >= 0.6 is 0 Å². The first-order chi connectivity index (χ1) is 14.3. The first kappa shape index (κ1) is 23.8. The van der Waals surface area contributed by atoms with Crippen molar-refractivity contribution in [2.45, 2.75) is 37.7 Å². The third-order valence-corrected chi connectivity index (χ3v) is 6.60. The van der Waals surface area contributed by atoms with Gasteiger partial charge in [0, 0.05) is 12.1 Å². The Kier molecular flexibility index (Phi) is 8.76. The van der Waals surface area contributed by atoms with Gasteiger partial charge in [0.25, 0.3) is 15.7 Å².